The number of hydrogen-bond donors (Lipinski definition) is 2. The van der Waals surface area contributed by atoms with E-state index in [1.54, 1.807) is 24.0 Å². The Labute approximate surface area is 177 Å². The predicted octanol–water partition coefficient (Wildman–Crippen LogP) is 1.80. The summed E-state index contributed by atoms with van der Waals surface area (Å²) in [5, 5.41) is 17.1. The van der Waals surface area contributed by atoms with Crippen molar-refractivity contribution < 1.29 is 4.74 Å². The van der Waals surface area contributed by atoms with Gasteiger partial charge in [-0.15, -0.1) is 0 Å². The standard InChI is InChI=1S/C22H29N7O/c1-15(27-18-4-7-28(8-5-18)19-3-6-25-13-19)20(11-24)16-9-21(30-2)22-17(10-23)12-26-29(22)14-16/h9,11-12,14,18-19,25H,3-8,13,24H2,1-2H3/b20-11+,27-15?/t19-/m1/s1. The van der Waals surface area contributed by atoms with Gasteiger partial charge in [0.05, 0.1) is 19.3 Å². The van der Waals surface area contributed by atoms with E-state index in [-0.39, 0.29) is 0 Å². The van der Waals surface area contributed by atoms with Crippen molar-refractivity contribution in [1.82, 2.24) is 19.8 Å². The van der Waals surface area contributed by atoms with E-state index in [9.17, 15) is 5.26 Å². The zero-order valence-electron chi connectivity index (χ0n) is 17.6. The molecule has 0 bridgehead atoms. The molecule has 2 aromatic rings. The first-order chi connectivity index (χ1) is 14.6. The van der Waals surface area contributed by atoms with E-state index in [1.807, 2.05) is 19.2 Å². The molecule has 2 aliphatic heterocycles. The molecule has 0 amide bonds. The lowest BCUT2D eigenvalue weighted by Gasteiger charge is -2.34. The van der Waals surface area contributed by atoms with Gasteiger partial charge < -0.3 is 15.8 Å². The quantitative estimate of drug-likeness (QED) is 0.733. The number of nitriles is 1. The molecule has 2 fully saturated rings. The highest BCUT2D eigenvalue weighted by molar-refractivity contribution is 6.22. The zero-order chi connectivity index (χ0) is 21.1. The summed E-state index contributed by atoms with van der Waals surface area (Å²) in [5.74, 6) is 0.590. The monoisotopic (exact) mass is 407 g/mol. The van der Waals surface area contributed by atoms with Crippen LogP contribution in [0.4, 0.5) is 0 Å². The van der Waals surface area contributed by atoms with E-state index in [1.165, 1.54) is 6.42 Å². The number of allylic oxidation sites excluding steroid dienone is 1. The first-order valence-corrected chi connectivity index (χ1v) is 10.5. The molecule has 0 unspecified atom stereocenters. The number of nitrogens with one attached hydrogen (secondary N) is 1. The normalized spacial score (nSPS) is 21.8. The van der Waals surface area contributed by atoms with Crippen LogP contribution in [0.2, 0.25) is 0 Å². The molecule has 2 aromatic heterocycles. The smallest absolute Gasteiger partial charge is 0.146 e. The first-order valence-electron chi connectivity index (χ1n) is 10.5. The van der Waals surface area contributed by atoms with Crippen molar-refractivity contribution >= 4 is 16.8 Å². The Kier molecular flexibility index (Phi) is 6.02. The van der Waals surface area contributed by atoms with E-state index in [0.717, 1.165) is 55.9 Å². The number of ether oxygens (including phenoxy) is 1. The molecule has 4 heterocycles. The summed E-state index contributed by atoms with van der Waals surface area (Å²) in [7, 11) is 1.59. The molecule has 2 saturated heterocycles. The molecule has 0 radical (unpaired) electrons. The molecule has 0 aromatic carbocycles. The van der Waals surface area contributed by atoms with Crippen LogP contribution < -0.4 is 15.8 Å². The SMILES string of the molecule is COc1cc(/C(=C/N)C(C)=NC2CCN([C@@H]3CCNC3)CC2)cn2ncc(C#N)c12. The van der Waals surface area contributed by atoms with E-state index < -0.39 is 0 Å². The van der Waals surface area contributed by atoms with E-state index in [4.69, 9.17) is 15.5 Å². The maximum absolute atomic E-state index is 9.31. The van der Waals surface area contributed by atoms with Crippen molar-refractivity contribution in [3.05, 3.63) is 35.8 Å². The molecule has 0 saturated carbocycles. The van der Waals surface area contributed by atoms with Gasteiger partial charge in [-0.05, 0) is 38.8 Å². The summed E-state index contributed by atoms with van der Waals surface area (Å²) in [4.78, 5) is 7.61. The Hall–Kier alpha value is -2.89. The average molecular weight is 408 g/mol. The first kappa shape index (κ1) is 20.4. The highest BCUT2D eigenvalue weighted by atomic mass is 16.5. The summed E-state index contributed by atoms with van der Waals surface area (Å²) in [6.45, 7) is 6.44. The third kappa shape index (κ3) is 3.91. The van der Waals surface area contributed by atoms with Crippen molar-refractivity contribution in [3.8, 4) is 11.8 Å². The molecule has 30 heavy (non-hydrogen) atoms. The van der Waals surface area contributed by atoms with Gasteiger partial charge in [0.25, 0.3) is 0 Å². The number of nitrogens with two attached hydrogens (primary N) is 1. The Balaban J connectivity index is 1.53. The fraction of sp³-hybridized carbons (Fsp3) is 0.500. The number of fused-ring (bicyclic) bond motifs is 1. The molecule has 8 nitrogen and oxygen atoms in total. The molecule has 8 heteroatoms. The second-order valence-electron chi connectivity index (χ2n) is 7.97. The third-order valence-corrected chi connectivity index (χ3v) is 6.21. The lowest BCUT2D eigenvalue weighted by Crippen LogP contribution is -2.43. The number of rotatable bonds is 5. The van der Waals surface area contributed by atoms with Gasteiger partial charge in [0.15, 0.2) is 0 Å². The highest BCUT2D eigenvalue weighted by Crippen LogP contribution is 2.28. The number of pyridine rings is 1. The van der Waals surface area contributed by atoms with Crippen molar-refractivity contribution in [3.63, 3.8) is 0 Å². The minimum absolute atomic E-state index is 0.311. The number of hydrogen-bond acceptors (Lipinski definition) is 7. The Morgan fingerprint density at radius 2 is 2.20 bits per heavy atom. The summed E-state index contributed by atoms with van der Waals surface area (Å²) < 4.78 is 7.19. The topological polar surface area (TPSA) is 104 Å². The van der Waals surface area contributed by atoms with Crippen LogP contribution in [0.5, 0.6) is 5.75 Å². The third-order valence-electron chi connectivity index (χ3n) is 6.21. The molecular weight excluding hydrogens is 378 g/mol. The molecule has 1 atom stereocenters. The maximum atomic E-state index is 9.31. The molecule has 0 aliphatic carbocycles. The van der Waals surface area contributed by atoms with Gasteiger partial charge in [-0.3, -0.25) is 9.89 Å². The second kappa shape index (κ2) is 8.86. The van der Waals surface area contributed by atoms with Gasteiger partial charge in [0, 0.05) is 54.9 Å². The van der Waals surface area contributed by atoms with Gasteiger partial charge in [-0.25, -0.2) is 4.52 Å². The zero-order valence-corrected chi connectivity index (χ0v) is 17.6. The molecule has 2 aliphatic rings. The summed E-state index contributed by atoms with van der Waals surface area (Å²) in [5.41, 5.74) is 9.76. The largest absolute Gasteiger partial charge is 0.494 e. The molecule has 3 N–H and O–H groups in total. The maximum Gasteiger partial charge on any atom is 0.146 e. The number of nitrogens with zero attached hydrogens (tertiary/aromatic N) is 5. The number of likely N-dealkylation sites (tertiary alicyclic amines) is 1. The van der Waals surface area contributed by atoms with Gasteiger partial charge >= 0.3 is 0 Å². The van der Waals surface area contributed by atoms with E-state index >= 15 is 0 Å². The second-order valence-corrected chi connectivity index (χ2v) is 7.97. The summed E-state index contributed by atoms with van der Waals surface area (Å²) in [6.07, 6.45) is 8.39. The number of aliphatic imine (C=N–C) groups is 1. The van der Waals surface area contributed by atoms with Crippen molar-refractivity contribution in [2.75, 3.05) is 33.3 Å². The molecule has 4 rings (SSSR count). The minimum atomic E-state index is 0.311. The van der Waals surface area contributed by atoms with Crippen LogP contribution in [0, 0.1) is 11.3 Å². The van der Waals surface area contributed by atoms with Crippen LogP contribution in [0.1, 0.15) is 37.3 Å². The predicted molar refractivity (Wildman–Crippen MR) is 118 cm³/mol. The highest BCUT2D eigenvalue weighted by Gasteiger charge is 2.27. The average Bonchev–Trinajstić information content (AvgIpc) is 3.44. The Bertz CT molecular complexity index is 1000. The van der Waals surface area contributed by atoms with Gasteiger partial charge in [0.2, 0.25) is 0 Å². The van der Waals surface area contributed by atoms with Crippen molar-refractivity contribution in [2.45, 2.75) is 38.3 Å². The number of piperidine rings is 1. The molecule has 0 spiro atoms. The van der Waals surface area contributed by atoms with Crippen LogP contribution in [0.25, 0.3) is 11.1 Å². The summed E-state index contributed by atoms with van der Waals surface area (Å²) >= 11 is 0. The van der Waals surface area contributed by atoms with Crippen LogP contribution in [-0.4, -0.2) is 65.6 Å². The number of methoxy groups -OCH3 is 1. The summed E-state index contributed by atoms with van der Waals surface area (Å²) in [6, 6.07) is 5.04. The van der Waals surface area contributed by atoms with Crippen LogP contribution in [0.15, 0.2) is 29.7 Å². The fourth-order valence-electron chi connectivity index (χ4n) is 4.57. The molecule has 158 valence electrons. The number of aromatic nitrogens is 2. The molecular formula is C22H29N7O. The van der Waals surface area contributed by atoms with E-state index in [2.05, 4.69) is 21.4 Å². The van der Waals surface area contributed by atoms with Gasteiger partial charge in [0.1, 0.15) is 22.9 Å². The lowest BCUT2D eigenvalue weighted by molar-refractivity contribution is 0.163. The van der Waals surface area contributed by atoms with Crippen LogP contribution in [-0.2, 0) is 0 Å². The Morgan fingerprint density at radius 3 is 2.83 bits per heavy atom. The van der Waals surface area contributed by atoms with Crippen molar-refractivity contribution in [1.29, 1.82) is 5.26 Å². The van der Waals surface area contributed by atoms with Crippen LogP contribution >= 0.6 is 0 Å². The van der Waals surface area contributed by atoms with E-state index in [0.29, 0.717) is 28.9 Å². The van der Waals surface area contributed by atoms with Crippen molar-refractivity contribution in [2.24, 2.45) is 10.7 Å². The minimum Gasteiger partial charge on any atom is -0.494 e. The van der Waals surface area contributed by atoms with Crippen LogP contribution in [0.3, 0.4) is 0 Å². The van der Waals surface area contributed by atoms with Gasteiger partial charge in [-0.1, -0.05) is 0 Å². The fourth-order valence-corrected chi connectivity index (χ4v) is 4.57. The lowest BCUT2D eigenvalue weighted by atomic mass is 10.0. The Morgan fingerprint density at radius 1 is 1.40 bits per heavy atom. The van der Waals surface area contributed by atoms with Gasteiger partial charge in [-0.2, -0.15) is 10.4 Å².